The highest BCUT2D eigenvalue weighted by Crippen LogP contribution is 2.14. The lowest BCUT2D eigenvalue weighted by Crippen LogP contribution is -2.30. The number of carbonyl (C=O) groups excluding carboxylic acids is 3. The molecule has 6 nitrogen and oxygen atoms in total. The van der Waals surface area contributed by atoms with Crippen LogP contribution in [0.2, 0.25) is 0 Å². The van der Waals surface area contributed by atoms with E-state index >= 15 is 0 Å². The summed E-state index contributed by atoms with van der Waals surface area (Å²) < 4.78 is 16.9. The van der Waals surface area contributed by atoms with Crippen molar-refractivity contribution in [2.24, 2.45) is 0 Å². The number of hydrogen-bond donors (Lipinski definition) is 0. The van der Waals surface area contributed by atoms with Gasteiger partial charge in [-0.2, -0.15) is 0 Å². The first kappa shape index (κ1) is 77.8. The van der Waals surface area contributed by atoms with Gasteiger partial charge in [0.25, 0.3) is 0 Å². The molecule has 6 heteroatoms. The maximum atomic E-state index is 12.9. The Hall–Kier alpha value is -5.23. The third kappa shape index (κ3) is 67.4. The number of esters is 3. The Balaban J connectivity index is 4.49. The molecule has 0 rings (SSSR count). The van der Waals surface area contributed by atoms with E-state index in [-0.39, 0.29) is 37.5 Å². The zero-order valence-corrected chi connectivity index (χ0v) is 53.4. The molecule has 466 valence electrons. The minimum atomic E-state index is -0.816. The van der Waals surface area contributed by atoms with Gasteiger partial charge in [0, 0.05) is 19.3 Å². The van der Waals surface area contributed by atoms with Crippen LogP contribution in [0.1, 0.15) is 278 Å². The van der Waals surface area contributed by atoms with Crippen LogP contribution in [0.25, 0.3) is 0 Å². The Bertz CT molecular complexity index is 1890. The predicted octanol–water partition coefficient (Wildman–Crippen LogP) is 23.4. The largest absolute Gasteiger partial charge is 0.462 e. The average Bonchev–Trinajstić information content (AvgIpc) is 3.50. The summed E-state index contributed by atoms with van der Waals surface area (Å²) in [4.78, 5) is 38.4. The van der Waals surface area contributed by atoms with Crippen LogP contribution in [0.5, 0.6) is 0 Å². The molecular weight excluding hydrogens is 1020 g/mol. The molecule has 0 aromatic carbocycles. The third-order valence-electron chi connectivity index (χ3n) is 13.7. The lowest BCUT2D eigenvalue weighted by molar-refractivity contribution is -0.167. The van der Waals surface area contributed by atoms with Crippen molar-refractivity contribution >= 4 is 17.9 Å². The standard InChI is InChI=1S/C77H122O6/c1-4-7-10-13-16-19-22-25-28-31-34-35-36-37-38-39-40-41-44-46-49-52-55-58-61-64-67-70-76(79)82-73-74(83-77(80)71-68-65-62-59-56-53-50-47-43-33-30-27-24-21-18-15-12-9-6-3)72-81-75(78)69-66-63-60-57-54-51-48-45-42-32-29-26-23-20-17-14-11-8-5-2/h7,9-10,12,16-21,25-30,34-35,37-38,40-43,45,47,53,56,74H,4-6,8,11,13-15,22-24,31-33,36,39,44,46,48-52,54-55,57-73H2,1-3H3/b10-7-,12-9-,19-16-,20-17-,21-18-,28-25-,29-26-,30-27-,35-34-,38-37-,41-40-,45-42-,47-43-,56-53-. The van der Waals surface area contributed by atoms with E-state index in [4.69, 9.17) is 14.2 Å². The Morgan fingerprint density at radius 2 is 0.470 bits per heavy atom. The number of unbranched alkanes of at least 4 members (excludes halogenated alkanes) is 20. The van der Waals surface area contributed by atoms with Gasteiger partial charge in [0.15, 0.2) is 6.10 Å². The fourth-order valence-corrected chi connectivity index (χ4v) is 8.71. The lowest BCUT2D eigenvalue weighted by atomic mass is 10.1. The maximum absolute atomic E-state index is 12.9. The molecule has 0 radical (unpaired) electrons. The van der Waals surface area contributed by atoms with Crippen LogP contribution in [0.3, 0.4) is 0 Å². The number of carbonyl (C=O) groups is 3. The number of ether oxygens (including phenoxy) is 3. The summed E-state index contributed by atoms with van der Waals surface area (Å²) in [5.41, 5.74) is 0. The van der Waals surface area contributed by atoms with E-state index in [2.05, 4.69) is 191 Å². The molecule has 0 saturated carbocycles. The zero-order chi connectivity index (χ0) is 59.9. The van der Waals surface area contributed by atoms with Crippen LogP contribution < -0.4 is 0 Å². The van der Waals surface area contributed by atoms with E-state index in [0.717, 1.165) is 161 Å². The molecular formula is C77H122O6. The second-order valence-electron chi connectivity index (χ2n) is 21.6. The molecule has 0 aromatic heterocycles. The van der Waals surface area contributed by atoms with E-state index in [9.17, 15) is 14.4 Å². The van der Waals surface area contributed by atoms with Gasteiger partial charge in [0.2, 0.25) is 0 Å². The number of allylic oxidation sites excluding steroid dienone is 28. The van der Waals surface area contributed by atoms with Gasteiger partial charge in [-0.25, -0.2) is 0 Å². The van der Waals surface area contributed by atoms with Crippen molar-refractivity contribution in [3.63, 3.8) is 0 Å². The molecule has 0 aliphatic carbocycles. The first-order chi connectivity index (χ1) is 41.0. The highest BCUT2D eigenvalue weighted by Gasteiger charge is 2.19. The molecule has 0 amide bonds. The Morgan fingerprint density at radius 3 is 0.747 bits per heavy atom. The monoisotopic (exact) mass is 1140 g/mol. The molecule has 0 aliphatic rings. The normalized spacial score (nSPS) is 13.2. The van der Waals surface area contributed by atoms with Crippen molar-refractivity contribution in [3.05, 3.63) is 170 Å². The lowest BCUT2D eigenvalue weighted by Gasteiger charge is -2.18. The Labute approximate surface area is 511 Å². The van der Waals surface area contributed by atoms with E-state index in [0.29, 0.717) is 19.3 Å². The van der Waals surface area contributed by atoms with Crippen molar-refractivity contribution in [3.8, 4) is 0 Å². The first-order valence-corrected chi connectivity index (χ1v) is 33.6. The minimum Gasteiger partial charge on any atom is -0.462 e. The quantitative estimate of drug-likeness (QED) is 0.0261. The van der Waals surface area contributed by atoms with Gasteiger partial charge in [0.1, 0.15) is 13.2 Å². The third-order valence-corrected chi connectivity index (χ3v) is 13.7. The van der Waals surface area contributed by atoms with Crippen LogP contribution in [-0.4, -0.2) is 37.2 Å². The summed E-state index contributed by atoms with van der Waals surface area (Å²) in [5.74, 6) is -0.962. The van der Waals surface area contributed by atoms with Gasteiger partial charge in [0.05, 0.1) is 0 Å². The topological polar surface area (TPSA) is 78.9 Å². The van der Waals surface area contributed by atoms with Gasteiger partial charge in [-0.3, -0.25) is 14.4 Å². The molecule has 0 aliphatic heterocycles. The van der Waals surface area contributed by atoms with Crippen LogP contribution in [-0.2, 0) is 28.6 Å². The van der Waals surface area contributed by atoms with Gasteiger partial charge in [-0.05, 0) is 154 Å². The Morgan fingerprint density at radius 1 is 0.253 bits per heavy atom. The summed E-state index contributed by atoms with van der Waals surface area (Å²) in [7, 11) is 0. The average molecular weight is 1140 g/mol. The van der Waals surface area contributed by atoms with Crippen molar-refractivity contribution in [1.29, 1.82) is 0 Å². The highest BCUT2D eigenvalue weighted by molar-refractivity contribution is 5.71. The predicted molar refractivity (Wildman–Crippen MR) is 361 cm³/mol. The van der Waals surface area contributed by atoms with Crippen molar-refractivity contribution in [1.82, 2.24) is 0 Å². The minimum absolute atomic E-state index is 0.108. The molecule has 83 heavy (non-hydrogen) atoms. The molecule has 0 N–H and O–H groups in total. The second-order valence-corrected chi connectivity index (χ2v) is 21.6. The van der Waals surface area contributed by atoms with Crippen molar-refractivity contribution in [2.75, 3.05) is 13.2 Å². The maximum Gasteiger partial charge on any atom is 0.306 e. The molecule has 0 aromatic rings. The first-order valence-electron chi connectivity index (χ1n) is 33.6. The van der Waals surface area contributed by atoms with Gasteiger partial charge in [-0.1, -0.05) is 274 Å². The van der Waals surface area contributed by atoms with E-state index in [1.54, 1.807) is 0 Å². The number of rotatable bonds is 59. The molecule has 0 bridgehead atoms. The molecule has 0 spiro atoms. The van der Waals surface area contributed by atoms with E-state index in [1.807, 2.05) is 0 Å². The molecule has 0 saturated heterocycles. The summed E-state index contributed by atoms with van der Waals surface area (Å²) >= 11 is 0. The molecule has 1 atom stereocenters. The van der Waals surface area contributed by atoms with Gasteiger partial charge < -0.3 is 14.2 Å². The Kier molecular flexibility index (Phi) is 64.9. The fraction of sp³-hybridized carbons (Fsp3) is 0.597. The van der Waals surface area contributed by atoms with E-state index < -0.39 is 6.10 Å². The van der Waals surface area contributed by atoms with E-state index in [1.165, 1.54) is 70.6 Å². The van der Waals surface area contributed by atoms with Crippen LogP contribution in [0.4, 0.5) is 0 Å². The fourth-order valence-electron chi connectivity index (χ4n) is 8.71. The van der Waals surface area contributed by atoms with Crippen molar-refractivity contribution < 1.29 is 28.6 Å². The van der Waals surface area contributed by atoms with Crippen LogP contribution >= 0.6 is 0 Å². The summed E-state index contributed by atoms with van der Waals surface area (Å²) in [6, 6.07) is 0. The van der Waals surface area contributed by atoms with Crippen molar-refractivity contribution in [2.45, 2.75) is 284 Å². The van der Waals surface area contributed by atoms with Crippen LogP contribution in [0, 0.1) is 0 Å². The molecule has 0 fully saturated rings. The van der Waals surface area contributed by atoms with Gasteiger partial charge >= 0.3 is 17.9 Å². The highest BCUT2D eigenvalue weighted by atomic mass is 16.6. The number of hydrogen-bond acceptors (Lipinski definition) is 6. The molecule has 1 unspecified atom stereocenters. The summed E-state index contributed by atoms with van der Waals surface area (Å²) in [6.07, 6.45) is 102. The van der Waals surface area contributed by atoms with Crippen LogP contribution in [0.15, 0.2) is 170 Å². The molecule has 0 heterocycles. The SMILES string of the molecule is CC/C=C\C/C=C\C/C=C\C/C=C\C/C=C\C/C=C\CCCCCCCCCCC(=O)OCC(COC(=O)CCCCCCCC/C=C\C/C=C\C/C=C\CCCCC)OC(=O)CCCCC/C=C\C/C=C\C/C=C\C/C=C\C/C=C\CC. The second kappa shape index (κ2) is 69.3. The van der Waals surface area contributed by atoms with Gasteiger partial charge in [-0.15, -0.1) is 0 Å². The smallest absolute Gasteiger partial charge is 0.306 e. The summed E-state index contributed by atoms with van der Waals surface area (Å²) in [6.45, 7) is 6.34. The zero-order valence-electron chi connectivity index (χ0n) is 53.4. The summed E-state index contributed by atoms with van der Waals surface area (Å²) in [5, 5.41) is 0.